The van der Waals surface area contributed by atoms with Crippen LogP contribution in [0.1, 0.15) is 19.8 Å². The Morgan fingerprint density at radius 3 is 2.47 bits per heavy atom. The maximum atomic E-state index is 11.2. The number of thioether (sulfide) groups is 1. The number of imide groups is 1. The molecule has 6 heteroatoms. The zero-order valence-corrected chi connectivity index (χ0v) is 9.13. The van der Waals surface area contributed by atoms with Gasteiger partial charge in [-0.05, 0) is 11.8 Å². The molecule has 0 radical (unpaired) electrons. The lowest BCUT2D eigenvalue weighted by Crippen LogP contribution is -2.32. The van der Waals surface area contributed by atoms with Crippen LogP contribution in [0.2, 0.25) is 0 Å². The Bertz CT molecular complexity index is 310. The second kappa shape index (κ2) is 4.97. The van der Waals surface area contributed by atoms with E-state index >= 15 is 0 Å². The first-order valence-electron chi connectivity index (χ1n) is 4.35. The van der Waals surface area contributed by atoms with Crippen LogP contribution in [-0.4, -0.2) is 28.6 Å². The lowest BCUT2D eigenvalue weighted by molar-refractivity contribution is -0.195. The van der Waals surface area contributed by atoms with E-state index < -0.39 is 17.8 Å². The van der Waals surface area contributed by atoms with Crippen LogP contribution >= 0.6 is 11.8 Å². The molecule has 5 nitrogen and oxygen atoms in total. The standard InChI is InChI=1S/C9H11NO4S/c1-6(2)15-5-9(13)14-10-7(11)3-4-8(10)12/h1,3-5H2,2H3. The largest absolute Gasteiger partial charge is 0.343 e. The van der Waals surface area contributed by atoms with Gasteiger partial charge in [-0.3, -0.25) is 9.59 Å². The van der Waals surface area contributed by atoms with Gasteiger partial charge in [0.05, 0.1) is 5.75 Å². The number of amides is 2. The van der Waals surface area contributed by atoms with Crippen molar-refractivity contribution in [2.45, 2.75) is 19.8 Å². The summed E-state index contributed by atoms with van der Waals surface area (Å²) in [5, 5.41) is 0.543. The molecule has 1 aliphatic rings. The highest BCUT2D eigenvalue weighted by Gasteiger charge is 2.32. The quantitative estimate of drug-likeness (QED) is 0.669. The average molecular weight is 229 g/mol. The molecule has 0 unspecified atom stereocenters. The minimum absolute atomic E-state index is 0.0480. The van der Waals surface area contributed by atoms with Gasteiger partial charge in [0, 0.05) is 12.8 Å². The Kier molecular flexibility index (Phi) is 3.90. The third-order valence-electron chi connectivity index (χ3n) is 1.64. The van der Waals surface area contributed by atoms with Gasteiger partial charge in [0.25, 0.3) is 11.8 Å². The molecule has 0 atom stereocenters. The van der Waals surface area contributed by atoms with E-state index in [4.69, 9.17) is 0 Å². The van der Waals surface area contributed by atoms with E-state index in [1.54, 1.807) is 6.92 Å². The normalized spacial score (nSPS) is 15.7. The molecule has 0 aromatic heterocycles. The molecule has 1 fully saturated rings. The van der Waals surface area contributed by atoms with Crippen LogP contribution in [0.25, 0.3) is 0 Å². The summed E-state index contributed by atoms with van der Waals surface area (Å²) in [5.41, 5.74) is 0. The summed E-state index contributed by atoms with van der Waals surface area (Å²) in [6.45, 7) is 5.35. The Labute approximate surface area is 91.4 Å². The van der Waals surface area contributed by atoms with Crippen molar-refractivity contribution in [3.63, 3.8) is 0 Å². The van der Waals surface area contributed by atoms with E-state index in [9.17, 15) is 14.4 Å². The summed E-state index contributed by atoms with van der Waals surface area (Å²) in [6.07, 6.45) is 0.222. The predicted molar refractivity (Wildman–Crippen MR) is 54.5 cm³/mol. The highest BCUT2D eigenvalue weighted by molar-refractivity contribution is 8.03. The fraction of sp³-hybridized carbons (Fsp3) is 0.444. The molecule has 1 rings (SSSR count). The van der Waals surface area contributed by atoms with Gasteiger partial charge in [0.1, 0.15) is 0 Å². The maximum absolute atomic E-state index is 11.2. The van der Waals surface area contributed by atoms with Crippen LogP contribution in [0.4, 0.5) is 0 Å². The Morgan fingerprint density at radius 2 is 2.00 bits per heavy atom. The fourth-order valence-corrected chi connectivity index (χ4v) is 1.39. The highest BCUT2D eigenvalue weighted by atomic mass is 32.2. The number of allylic oxidation sites excluding steroid dienone is 1. The van der Waals surface area contributed by atoms with E-state index in [1.165, 1.54) is 11.8 Å². The molecule has 1 heterocycles. The van der Waals surface area contributed by atoms with Crippen LogP contribution in [0.5, 0.6) is 0 Å². The van der Waals surface area contributed by atoms with Crippen LogP contribution < -0.4 is 0 Å². The van der Waals surface area contributed by atoms with E-state index in [1.807, 2.05) is 0 Å². The first-order valence-corrected chi connectivity index (χ1v) is 5.34. The van der Waals surface area contributed by atoms with Gasteiger partial charge in [-0.1, -0.05) is 6.58 Å². The molecular formula is C9H11NO4S. The first kappa shape index (κ1) is 11.8. The van der Waals surface area contributed by atoms with E-state index in [0.717, 1.165) is 4.91 Å². The first-order chi connectivity index (χ1) is 7.00. The molecule has 15 heavy (non-hydrogen) atoms. The number of carbonyl (C=O) groups is 3. The monoisotopic (exact) mass is 229 g/mol. The van der Waals surface area contributed by atoms with Gasteiger partial charge in [0.15, 0.2) is 0 Å². The van der Waals surface area contributed by atoms with Crippen molar-refractivity contribution in [2.24, 2.45) is 0 Å². The lowest BCUT2D eigenvalue weighted by Gasteiger charge is -2.11. The maximum Gasteiger partial charge on any atom is 0.343 e. The van der Waals surface area contributed by atoms with Gasteiger partial charge >= 0.3 is 5.97 Å². The van der Waals surface area contributed by atoms with Crippen LogP contribution in [-0.2, 0) is 19.2 Å². The second-order valence-electron chi connectivity index (χ2n) is 3.04. The third-order valence-corrected chi connectivity index (χ3v) is 2.51. The predicted octanol–water partition coefficient (Wildman–Crippen LogP) is 0.860. The minimum atomic E-state index is -0.619. The number of rotatable bonds is 4. The second-order valence-corrected chi connectivity index (χ2v) is 4.31. The SMILES string of the molecule is C=C(C)SCC(=O)ON1C(=O)CCC1=O. The number of hydroxylamine groups is 2. The molecule has 0 aliphatic carbocycles. The summed E-state index contributed by atoms with van der Waals surface area (Å²) >= 11 is 1.21. The summed E-state index contributed by atoms with van der Waals surface area (Å²) in [7, 11) is 0. The van der Waals surface area contributed by atoms with Gasteiger partial charge in [-0.25, -0.2) is 4.79 Å². The van der Waals surface area contributed by atoms with E-state index in [-0.39, 0.29) is 18.6 Å². The number of carbonyl (C=O) groups excluding carboxylic acids is 3. The van der Waals surface area contributed by atoms with Crippen molar-refractivity contribution in [3.8, 4) is 0 Å². The van der Waals surface area contributed by atoms with Crippen molar-refractivity contribution in [3.05, 3.63) is 11.5 Å². The number of hydrogen-bond acceptors (Lipinski definition) is 5. The van der Waals surface area contributed by atoms with Crippen LogP contribution in [0.3, 0.4) is 0 Å². The molecule has 0 aromatic carbocycles. The van der Waals surface area contributed by atoms with Crippen molar-refractivity contribution in [1.29, 1.82) is 0 Å². The number of hydrogen-bond donors (Lipinski definition) is 0. The van der Waals surface area contributed by atoms with E-state index in [0.29, 0.717) is 5.06 Å². The van der Waals surface area contributed by atoms with E-state index in [2.05, 4.69) is 11.4 Å². The summed E-state index contributed by atoms with van der Waals surface area (Å²) in [4.78, 5) is 38.7. The lowest BCUT2D eigenvalue weighted by atomic mass is 10.4. The Morgan fingerprint density at radius 1 is 1.47 bits per heavy atom. The van der Waals surface area contributed by atoms with Crippen molar-refractivity contribution >= 4 is 29.5 Å². The summed E-state index contributed by atoms with van der Waals surface area (Å²) < 4.78 is 0. The molecule has 0 N–H and O–H groups in total. The van der Waals surface area contributed by atoms with Crippen LogP contribution in [0, 0.1) is 0 Å². The van der Waals surface area contributed by atoms with Gasteiger partial charge in [0.2, 0.25) is 0 Å². The zero-order chi connectivity index (χ0) is 11.4. The third kappa shape index (κ3) is 3.39. The summed E-state index contributed by atoms with van der Waals surface area (Å²) in [5.74, 6) is -1.50. The summed E-state index contributed by atoms with van der Waals surface area (Å²) in [6, 6.07) is 0. The number of nitrogens with zero attached hydrogens (tertiary/aromatic N) is 1. The fourth-order valence-electron chi connectivity index (χ4n) is 0.968. The van der Waals surface area contributed by atoms with Gasteiger partial charge in [-0.2, -0.15) is 0 Å². The molecule has 1 saturated heterocycles. The zero-order valence-electron chi connectivity index (χ0n) is 8.32. The molecule has 2 amide bonds. The molecule has 0 bridgehead atoms. The van der Waals surface area contributed by atoms with Crippen molar-refractivity contribution < 1.29 is 19.2 Å². The van der Waals surface area contributed by atoms with Gasteiger partial charge < -0.3 is 4.84 Å². The van der Waals surface area contributed by atoms with Crippen LogP contribution in [0.15, 0.2) is 11.5 Å². The molecule has 1 aliphatic heterocycles. The molecule has 0 aromatic rings. The van der Waals surface area contributed by atoms with Gasteiger partial charge in [-0.15, -0.1) is 16.8 Å². The molecule has 0 spiro atoms. The Hall–Kier alpha value is -1.30. The molecule has 82 valence electrons. The Balaban J connectivity index is 2.40. The molecular weight excluding hydrogens is 218 g/mol. The van der Waals surface area contributed by atoms with Crippen molar-refractivity contribution in [2.75, 3.05) is 5.75 Å². The highest BCUT2D eigenvalue weighted by Crippen LogP contribution is 2.15. The minimum Gasteiger partial charge on any atom is -0.329 e. The topological polar surface area (TPSA) is 63.7 Å². The smallest absolute Gasteiger partial charge is 0.329 e. The molecule has 0 saturated carbocycles. The van der Waals surface area contributed by atoms with Crippen molar-refractivity contribution in [1.82, 2.24) is 5.06 Å². The average Bonchev–Trinajstić information content (AvgIpc) is 2.46.